The monoisotopic (exact) mass is 294 g/mol. The summed E-state index contributed by atoms with van der Waals surface area (Å²) in [5.74, 6) is -1.22. The number of thiazole rings is 1. The van der Waals surface area contributed by atoms with Crippen LogP contribution in [-0.2, 0) is 4.79 Å². The molecule has 2 atom stereocenters. The molecule has 0 aliphatic carbocycles. The normalized spacial score (nSPS) is 13.7. The molecule has 2 rings (SSSR count). The van der Waals surface area contributed by atoms with E-state index in [9.17, 15) is 9.59 Å². The van der Waals surface area contributed by atoms with Gasteiger partial charge in [-0.15, -0.1) is 11.3 Å². The molecule has 0 saturated carbocycles. The molecule has 0 aliphatic heterocycles. The van der Waals surface area contributed by atoms with E-state index in [1.807, 2.05) is 0 Å². The highest BCUT2D eigenvalue weighted by Gasteiger charge is 2.20. The highest BCUT2D eigenvalue weighted by atomic mass is 32.1. The lowest BCUT2D eigenvalue weighted by Crippen LogP contribution is -2.33. The summed E-state index contributed by atoms with van der Waals surface area (Å²) < 4.78 is 1.55. The Kier molecular flexibility index (Phi) is 4.14. The van der Waals surface area contributed by atoms with Crippen molar-refractivity contribution in [2.75, 3.05) is 0 Å². The van der Waals surface area contributed by atoms with Gasteiger partial charge in [-0.1, -0.05) is 0 Å². The second-order valence-corrected chi connectivity index (χ2v) is 5.32. The van der Waals surface area contributed by atoms with Crippen LogP contribution in [0.1, 0.15) is 40.6 Å². The van der Waals surface area contributed by atoms with Crippen LogP contribution in [-0.4, -0.2) is 31.7 Å². The van der Waals surface area contributed by atoms with Crippen molar-refractivity contribution in [2.24, 2.45) is 0 Å². The van der Waals surface area contributed by atoms with Gasteiger partial charge in [0.2, 0.25) is 5.91 Å². The Morgan fingerprint density at radius 3 is 2.75 bits per heavy atom. The summed E-state index contributed by atoms with van der Waals surface area (Å²) in [5, 5.41) is 16.2. The number of nitrogens with zero attached hydrogens (tertiary/aromatic N) is 3. The molecule has 2 N–H and O–H groups in total. The van der Waals surface area contributed by atoms with Gasteiger partial charge < -0.3 is 10.4 Å². The number of hydrogen-bond acceptors (Lipinski definition) is 5. The van der Waals surface area contributed by atoms with Crippen LogP contribution in [0.4, 0.5) is 0 Å². The number of hydrogen-bond donors (Lipinski definition) is 2. The van der Waals surface area contributed by atoms with E-state index in [0.29, 0.717) is 5.01 Å². The van der Waals surface area contributed by atoms with E-state index in [4.69, 9.17) is 5.11 Å². The highest BCUT2D eigenvalue weighted by Crippen LogP contribution is 2.20. The van der Waals surface area contributed by atoms with Gasteiger partial charge in [0, 0.05) is 12.4 Å². The molecule has 2 unspecified atom stereocenters. The van der Waals surface area contributed by atoms with Crippen molar-refractivity contribution >= 4 is 23.2 Å². The fraction of sp³-hybridized carbons (Fsp3) is 0.333. The van der Waals surface area contributed by atoms with Gasteiger partial charge in [0.25, 0.3) is 0 Å². The average Bonchev–Trinajstić information content (AvgIpc) is 3.08. The molecule has 0 aliphatic rings. The van der Waals surface area contributed by atoms with Gasteiger partial charge in [0.05, 0.1) is 12.2 Å². The van der Waals surface area contributed by atoms with Crippen molar-refractivity contribution in [3.05, 3.63) is 34.5 Å². The van der Waals surface area contributed by atoms with Crippen LogP contribution in [0.25, 0.3) is 0 Å². The minimum atomic E-state index is -1.02. The maximum Gasteiger partial charge on any atom is 0.347 e. The third-order valence-electron chi connectivity index (χ3n) is 2.76. The second kappa shape index (κ2) is 5.83. The zero-order valence-electron chi connectivity index (χ0n) is 11.0. The molecular formula is C12H14N4O3S. The summed E-state index contributed by atoms with van der Waals surface area (Å²) in [7, 11) is 0. The summed E-state index contributed by atoms with van der Waals surface area (Å²) in [6, 6.07) is 0.956. The molecule has 0 radical (unpaired) electrons. The highest BCUT2D eigenvalue weighted by molar-refractivity contribution is 7.13. The summed E-state index contributed by atoms with van der Waals surface area (Å²) >= 11 is 1.05. The van der Waals surface area contributed by atoms with Crippen molar-refractivity contribution in [1.29, 1.82) is 0 Å². The van der Waals surface area contributed by atoms with Gasteiger partial charge in [-0.05, 0) is 19.9 Å². The number of amides is 1. The Morgan fingerprint density at radius 2 is 2.20 bits per heavy atom. The fourth-order valence-corrected chi connectivity index (χ4v) is 2.37. The summed E-state index contributed by atoms with van der Waals surface area (Å²) in [4.78, 5) is 27.0. The molecule has 0 bridgehead atoms. The Bertz CT molecular complexity index is 608. The zero-order valence-corrected chi connectivity index (χ0v) is 11.8. The Labute approximate surface area is 119 Å². The van der Waals surface area contributed by atoms with Crippen LogP contribution in [0.5, 0.6) is 0 Å². The standard InChI is InChI=1S/C12H14N4O3S/c1-7(11-13-6-9(20-11)12(18)19)15-10(17)8(2)16-5-3-4-14-16/h3-8H,1-2H3,(H,15,17)(H,18,19). The van der Waals surface area contributed by atoms with Crippen molar-refractivity contribution in [3.8, 4) is 0 Å². The number of nitrogens with one attached hydrogen (secondary N) is 1. The predicted octanol–water partition coefficient (Wildman–Crippen LogP) is 1.48. The smallest absolute Gasteiger partial charge is 0.347 e. The predicted molar refractivity (Wildman–Crippen MR) is 72.6 cm³/mol. The molecule has 2 aromatic heterocycles. The summed E-state index contributed by atoms with van der Waals surface area (Å²) in [6.45, 7) is 3.50. The number of carboxylic acids is 1. The quantitative estimate of drug-likeness (QED) is 0.870. The maximum atomic E-state index is 12.1. The lowest BCUT2D eigenvalue weighted by atomic mass is 10.3. The number of rotatable bonds is 5. The SMILES string of the molecule is CC(NC(=O)C(C)n1cccn1)c1ncc(C(=O)O)s1. The van der Waals surface area contributed by atoms with Gasteiger partial charge in [0.15, 0.2) is 0 Å². The number of aromatic carboxylic acids is 1. The molecule has 2 aromatic rings. The third-order valence-corrected chi connectivity index (χ3v) is 3.93. The molecular weight excluding hydrogens is 280 g/mol. The van der Waals surface area contributed by atoms with Crippen LogP contribution in [0.2, 0.25) is 0 Å². The summed E-state index contributed by atoms with van der Waals surface area (Å²) in [5.41, 5.74) is 0. The first kappa shape index (κ1) is 14.2. The van der Waals surface area contributed by atoms with E-state index >= 15 is 0 Å². The van der Waals surface area contributed by atoms with Crippen LogP contribution >= 0.6 is 11.3 Å². The Hall–Kier alpha value is -2.22. The van der Waals surface area contributed by atoms with Gasteiger partial charge in [-0.2, -0.15) is 5.10 Å². The van der Waals surface area contributed by atoms with Crippen molar-refractivity contribution in [3.63, 3.8) is 0 Å². The van der Waals surface area contributed by atoms with Gasteiger partial charge in [-0.3, -0.25) is 9.48 Å². The molecule has 0 spiro atoms. The van der Waals surface area contributed by atoms with E-state index in [1.54, 1.807) is 37.0 Å². The first-order valence-corrected chi connectivity index (χ1v) is 6.79. The molecule has 0 fully saturated rings. The second-order valence-electron chi connectivity index (χ2n) is 4.26. The van der Waals surface area contributed by atoms with Crippen molar-refractivity contribution in [1.82, 2.24) is 20.1 Å². The van der Waals surface area contributed by atoms with E-state index < -0.39 is 12.0 Å². The van der Waals surface area contributed by atoms with Crippen molar-refractivity contribution < 1.29 is 14.7 Å². The molecule has 0 aromatic carbocycles. The largest absolute Gasteiger partial charge is 0.477 e. The van der Waals surface area contributed by atoms with Gasteiger partial charge >= 0.3 is 5.97 Å². The molecule has 20 heavy (non-hydrogen) atoms. The molecule has 0 saturated heterocycles. The van der Waals surface area contributed by atoms with Gasteiger partial charge in [-0.25, -0.2) is 9.78 Å². The van der Waals surface area contributed by atoms with Crippen LogP contribution in [0, 0.1) is 0 Å². The molecule has 7 nitrogen and oxygen atoms in total. The summed E-state index contributed by atoms with van der Waals surface area (Å²) in [6.07, 6.45) is 4.61. The minimum Gasteiger partial charge on any atom is -0.477 e. The molecule has 8 heteroatoms. The van der Waals surface area contributed by atoms with Crippen LogP contribution in [0.3, 0.4) is 0 Å². The van der Waals surface area contributed by atoms with E-state index in [0.717, 1.165) is 11.3 Å². The van der Waals surface area contributed by atoms with E-state index in [2.05, 4.69) is 15.4 Å². The van der Waals surface area contributed by atoms with Gasteiger partial charge in [0.1, 0.15) is 15.9 Å². The zero-order chi connectivity index (χ0) is 14.7. The third kappa shape index (κ3) is 3.02. The van der Waals surface area contributed by atoms with E-state index in [1.165, 1.54) is 6.20 Å². The lowest BCUT2D eigenvalue weighted by Gasteiger charge is -2.16. The number of carbonyl (C=O) groups is 2. The molecule has 106 valence electrons. The van der Waals surface area contributed by atoms with E-state index in [-0.39, 0.29) is 16.8 Å². The van der Waals surface area contributed by atoms with Crippen molar-refractivity contribution in [2.45, 2.75) is 25.9 Å². The number of carbonyl (C=O) groups excluding carboxylic acids is 1. The van der Waals surface area contributed by atoms with Crippen LogP contribution < -0.4 is 5.32 Å². The first-order chi connectivity index (χ1) is 9.49. The molecule has 2 heterocycles. The average molecular weight is 294 g/mol. The Balaban J connectivity index is 2.01. The fourth-order valence-electron chi connectivity index (χ4n) is 1.61. The number of aromatic nitrogens is 3. The molecule has 1 amide bonds. The maximum absolute atomic E-state index is 12.1. The Morgan fingerprint density at radius 1 is 1.45 bits per heavy atom. The topological polar surface area (TPSA) is 97.1 Å². The first-order valence-electron chi connectivity index (χ1n) is 5.97. The van der Waals surface area contributed by atoms with Crippen LogP contribution in [0.15, 0.2) is 24.7 Å². The minimum absolute atomic E-state index is 0.154. The number of carboxylic acid groups (broad SMARTS) is 1. The lowest BCUT2D eigenvalue weighted by molar-refractivity contribution is -0.124.